The molecule has 20 heavy (non-hydrogen) atoms. The predicted molar refractivity (Wildman–Crippen MR) is 82.5 cm³/mol. The summed E-state index contributed by atoms with van der Waals surface area (Å²) >= 11 is 0. The van der Waals surface area contributed by atoms with Crippen LogP contribution in [0.25, 0.3) is 12.2 Å². The Balaban J connectivity index is 2.00. The highest BCUT2D eigenvalue weighted by Gasteiger charge is 1.93. The Labute approximate surface area is 119 Å². The largest absolute Gasteiger partial charge is 0.497 e. The first kappa shape index (κ1) is 13.8. The summed E-state index contributed by atoms with van der Waals surface area (Å²) in [6.07, 6.45) is 6.69. The standard InChI is InChI=1S/C18H16O2/c1-20-18-9-5-8-16(14-18)11-13-17(19)12-10-15-6-3-2-4-7-15/h2-14H,1H3/b12-10+,13-11?. The molecular weight excluding hydrogens is 248 g/mol. The van der Waals surface area contributed by atoms with Gasteiger partial charge in [-0.2, -0.15) is 0 Å². The van der Waals surface area contributed by atoms with E-state index in [1.54, 1.807) is 31.4 Å². The number of ether oxygens (including phenoxy) is 1. The molecular formula is C18H16O2. The average molecular weight is 264 g/mol. The van der Waals surface area contributed by atoms with Gasteiger partial charge in [0, 0.05) is 0 Å². The number of ketones is 1. The van der Waals surface area contributed by atoms with E-state index in [2.05, 4.69) is 0 Å². The minimum atomic E-state index is -0.0447. The van der Waals surface area contributed by atoms with E-state index in [9.17, 15) is 4.79 Å². The number of rotatable bonds is 5. The highest BCUT2D eigenvalue weighted by Crippen LogP contribution is 2.13. The van der Waals surface area contributed by atoms with Crippen LogP contribution in [0.3, 0.4) is 0 Å². The van der Waals surface area contributed by atoms with Crippen LogP contribution in [-0.2, 0) is 4.79 Å². The van der Waals surface area contributed by atoms with Gasteiger partial charge in [-0.3, -0.25) is 4.79 Å². The molecule has 0 bridgehead atoms. The van der Waals surface area contributed by atoms with Crippen molar-refractivity contribution in [2.75, 3.05) is 7.11 Å². The number of methoxy groups -OCH3 is 1. The third-order valence-corrected chi connectivity index (χ3v) is 2.77. The Morgan fingerprint density at radius 1 is 0.900 bits per heavy atom. The Morgan fingerprint density at radius 2 is 1.55 bits per heavy atom. The maximum Gasteiger partial charge on any atom is 0.178 e. The van der Waals surface area contributed by atoms with Gasteiger partial charge in [-0.15, -0.1) is 0 Å². The molecule has 0 N–H and O–H groups in total. The number of carbonyl (C=O) groups is 1. The van der Waals surface area contributed by atoms with Gasteiger partial charge in [0.25, 0.3) is 0 Å². The van der Waals surface area contributed by atoms with Crippen LogP contribution in [-0.4, -0.2) is 12.9 Å². The summed E-state index contributed by atoms with van der Waals surface area (Å²) in [5.74, 6) is 0.732. The van der Waals surface area contributed by atoms with E-state index in [-0.39, 0.29) is 5.78 Å². The zero-order valence-corrected chi connectivity index (χ0v) is 11.3. The van der Waals surface area contributed by atoms with Gasteiger partial charge < -0.3 is 4.74 Å². The first-order chi connectivity index (χ1) is 9.78. The summed E-state index contributed by atoms with van der Waals surface area (Å²) in [5.41, 5.74) is 1.95. The van der Waals surface area contributed by atoms with Crippen molar-refractivity contribution in [3.8, 4) is 5.75 Å². The van der Waals surface area contributed by atoms with Gasteiger partial charge in [-0.1, -0.05) is 54.6 Å². The Kier molecular flexibility index (Phi) is 4.90. The van der Waals surface area contributed by atoms with Crippen molar-refractivity contribution in [1.82, 2.24) is 0 Å². The van der Waals surface area contributed by atoms with Gasteiger partial charge >= 0.3 is 0 Å². The van der Waals surface area contributed by atoms with E-state index in [4.69, 9.17) is 4.74 Å². The molecule has 2 aromatic rings. The molecule has 0 heterocycles. The number of hydrogen-bond donors (Lipinski definition) is 0. The lowest BCUT2D eigenvalue weighted by atomic mass is 10.1. The molecule has 2 nitrogen and oxygen atoms in total. The quantitative estimate of drug-likeness (QED) is 0.763. The van der Waals surface area contributed by atoms with Crippen molar-refractivity contribution >= 4 is 17.9 Å². The Morgan fingerprint density at radius 3 is 2.25 bits per heavy atom. The summed E-state index contributed by atoms with van der Waals surface area (Å²) in [7, 11) is 1.62. The summed E-state index contributed by atoms with van der Waals surface area (Å²) in [5, 5.41) is 0. The number of carbonyl (C=O) groups excluding carboxylic acids is 1. The van der Waals surface area contributed by atoms with Crippen molar-refractivity contribution < 1.29 is 9.53 Å². The van der Waals surface area contributed by atoms with Gasteiger partial charge in [-0.05, 0) is 35.4 Å². The van der Waals surface area contributed by atoms with Crippen molar-refractivity contribution in [3.05, 3.63) is 77.9 Å². The fourth-order valence-electron chi connectivity index (χ4n) is 1.72. The first-order valence-electron chi connectivity index (χ1n) is 6.37. The molecule has 0 fully saturated rings. The summed E-state index contributed by atoms with van der Waals surface area (Å²) < 4.78 is 5.13. The van der Waals surface area contributed by atoms with Gasteiger partial charge in [0.1, 0.15) is 5.75 Å². The molecule has 100 valence electrons. The first-order valence-corrected chi connectivity index (χ1v) is 6.37. The van der Waals surface area contributed by atoms with E-state index >= 15 is 0 Å². The number of hydrogen-bond acceptors (Lipinski definition) is 2. The minimum absolute atomic E-state index is 0.0447. The van der Waals surface area contributed by atoms with Crippen molar-refractivity contribution in [3.63, 3.8) is 0 Å². The number of allylic oxidation sites excluding steroid dienone is 2. The second kappa shape index (κ2) is 7.10. The zero-order valence-electron chi connectivity index (χ0n) is 11.3. The van der Waals surface area contributed by atoms with E-state index in [1.807, 2.05) is 54.6 Å². The second-order valence-corrected chi connectivity index (χ2v) is 4.26. The zero-order chi connectivity index (χ0) is 14.2. The number of benzene rings is 2. The molecule has 0 atom stereocenters. The van der Waals surface area contributed by atoms with Crippen molar-refractivity contribution in [1.29, 1.82) is 0 Å². The third-order valence-electron chi connectivity index (χ3n) is 2.77. The maximum absolute atomic E-state index is 11.7. The SMILES string of the molecule is COc1cccc(C=CC(=O)/C=C/c2ccccc2)c1. The molecule has 0 radical (unpaired) electrons. The fourth-order valence-corrected chi connectivity index (χ4v) is 1.72. The molecule has 2 rings (SSSR count). The van der Waals surface area contributed by atoms with E-state index < -0.39 is 0 Å². The van der Waals surface area contributed by atoms with E-state index in [1.165, 1.54) is 0 Å². The molecule has 2 aromatic carbocycles. The predicted octanol–water partition coefficient (Wildman–Crippen LogP) is 3.99. The smallest absolute Gasteiger partial charge is 0.178 e. The molecule has 0 saturated carbocycles. The van der Waals surface area contributed by atoms with Crippen LogP contribution in [0.5, 0.6) is 5.75 Å². The Bertz CT molecular complexity index is 625. The fraction of sp³-hybridized carbons (Fsp3) is 0.0556. The Hall–Kier alpha value is -2.61. The van der Waals surface area contributed by atoms with E-state index in [0.717, 1.165) is 16.9 Å². The minimum Gasteiger partial charge on any atom is -0.497 e. The third kappa shape index (κ3) is 4.25. The van der Waals surface area contributed by atoms with Crippen LogP contribution in [0.4, 0.5) is 0 Å². The molecule has 0 saturated heterocycles. The summed E-state index contributed by atoms with van der Waals surface area (Å²) in [4.78, 5) is 11.7. The van der Waals surface area contributed by atoms with Gasteiger partial charge in [0.2, 0.25) is 0 Å². The normalized spacial score (nSPS) is 11.1. The summed E-state index contributed by atoms with van der Waals surface area (Å²) in [6, 6.07) is 17.3. The monoisotopic (exact) mass is 264 g/mol. The van der Waals surface area contributed by atoms with Crippen LogP contribution < -0.4 is 4.74 Å². The lowest BCUT2D eigenvalue weighted by Gasteiger charge is -1.99. The molecule has 0 unspecified atom stereocenters. The van der Waals surface area contributed by atoms with Gasteiger partial charge in [-0.25, -0.2) is 0 Å². The lowest BCUT2D eigenvalue weighted by molar-refractivity contribution is -0.110. The van der Waals surface area contributed by atoms with Crippen molar-refractivity contribution in [2.45, 2.75) is 0 Å². The second-order valence-electron chi connectivity index (χ2n) is 4.26. The van der Waals surface area contributed by atoms with Crippen LogP contribution >= 0.6 is 0 Å². The lowest BCUT2D eigenvalue weighted by Crippen LogP contribution is -1.86. The van der Waals surface area contributed by atoms with Crippen LogP contribution in [0, 0.1) is 0 Å². The summed E-state index contributed by atoms with van der Waals surface area (Å²) in [6.45, 7) is 0. The van der Waals surface area contributed by atoms with Gasteiger partial charge in [0.15, 0.2) is 5.78 Å². The van der Waals surface area contributed by atoms with Crippen LogP contribution in [0.1, 0.15) is 11.1 Å². The molecule has 2 heteroatoms. The molecule has 0 aliphatic heterocycles. The van der Waals surface area contributed by atoms with Crippen LogP contribution in [0.15, 0.2) is 66.7 Å². The molecule has 0 aliphatic rings. The highest BCUT2D eigenvalue weighted by atomic mass is 16.5. The molecule has 0 spiro atoms. The molecule has 0 aromatic heterocycles. The maximum atomic E-state index is 11.7. The van der Waals surface area contributed by atoms with Crippen LogP contribution in [0.2, 0.25) is 0 Å². The molecule has 0 amide bonds. The van der Waals surface area contributed by atoms with E-state index in [0.29, 0.717) is 0 Å². The highest BCUT2D eigenvalue weighted by molar-refractivity contribution is 6.04. The average Bonchev–Trinajstić information content (AvgIpc) is 2.52. The van der Waals surface area contributed by atoms with Gasteiger partial charge in [0.05, 0.1) is 7.11 Å². The topological polar surface area (TPSA) is 26.3 Å². The van der Waals surface area contributed by atoms with Crippen molar-refractivity contribution in [2.24, 2.45) is 0 Å². The molecule has 0 aliphatic carbocycles.